The van der Waals surface area contributed by atoms with Gasteiger partial charge in [-0.3, -0.25) is 4.90 Å². The Balaban J connectivity index is 1.33. The number of piperazine rings is 1. The van der Waals surface area contributed by atoms with E-state index in [1.54, 1.807) is 7.11 Å². The van der Waals surface area contributed by atoms with Gasteiger partial charge in [-0.1, -0.05) is 0 Å². The van der Waals surface area contributed by atoms with Crippen LogP contribution in [0, 0.1) is 6.92 Å². The minimum absolute atomic E-state index is 0.129. The quantitative estimate of drug-likeness (QED) is 0.535. The number of anilines is 1. The summed E-state index contributed by atoms with van der Waals surface area (Å²) in [5.74, 6) is 1.35. The summed E-state index contributed by atoms with van der Waals surface area (Å²) in [6.45, 7) is 8.62. The number of hydrogen-bond acceptors (Lipinski definition) is 8. The van der Waals surface area contributed by atoms with E-state index >= 15 is 4.39 Å². The van der Waals surface area contributed by atoms with E-state index in [1.165, 1.54) is 0 Å². The number of aromatic nitrogens is 4. The van der Waals surface area contributed by atoms with Gasteiger partial charge in [-0.25, -0.2) is 9.07 Å². The molecule has 3 saturated heterocycles. The van der Waals surface area contributed by atoms with Gasteiger partial charge in [0, 0.05) is 50.1 Å². The van der Waals surface area contributed by atoms with Gasteiger partial charge < -0.3 is 19.3 Å². The molecule has 9 nitrogen and oxygen atoms in total. The van der Waals surface area contributed by atoms with Gasteiger partial charge in [-0.2, -0.15) is 15.1 Å². The van der Waals surface area contributed by atoms with E-state index in [0.29, 0.717) is 24.4 Å². The van der Waals surface area contributed by atoms with Gasteiger partial charge in [-0.15, -0.1) is 0 Å². The molecule has 0 radical (unpaired) electrons. The summed E-state index contributed by atoms with van der Waals surface area (Å²) >= 11 is 0. The lowest BCUT2D eigenvalue weighted by Gasteiger charge is -2.43. The topological polar surface area (TPSA) is 71.8 Å². The number of likely N-dealkylation sites (tertiary alicyclic amines) is 1. The summed E-state index contributed by atoms with van der Waals surface area (Å²) < 4.78 is 28.1. The third-order valence-corrected chi connectivity index (χ3v) is 7.97. The number of likely N-dealkylation sites (N-methyl/N-ethyl adjacent to an activating group) is 1. The van der Waals surface area contributed by atoms with E-state index in [-0.39, 0.29) is 5.92 Å². The Labute approximate surface area is 210 Å². The lowest BCUT2D eigenvalue weighted by molar-refractivity contribution is -0.0807. The fraction of sp³-hybridized carbons (Fsp3) is 0.577. The van der Waals surface area contributed by atoms with Crippen LogP contribution in [-0.2, 0) is 4.74 Å². The fourth-order valence-electron chi connectivity index (χ4n) is 5.63. The molecule has 0 aliphatic carbocycles. The lowest BCUT2D eigenvalue weighted by Crippen LogP contribution is -2.54. The number of halogens is 1. The van der Waals surface area contributed by atoms with Crippen molar-refractivity contribution in [3.8, 4) is 11.8 Å². The van der Waals surface area contributed by atoms with Crippen molar-refractivity contribution in [1.82, 2.24) is 29.5 Å². The van der Waals surface area contributed by atoms with Crippen LogP contribution in [0.5, 0.6) is 6.01 Å². The molecule has 0 unspecified atom stereocenters. The maximum absolute atomic E-state index is 15.5. The summed E-state index contributed by atoms with van der Waals surface area (Å²) in [4.78, 5) is 16.0. The second kappa shape index (κ2) is 9.57. The standard InChI is InChI=1S/C26H34FN7O2/c1-17-10-18-13-28-34(25-12-24(29-26(30-25)35-3)32-8-6-31(2)7-9-32)23(18)11-21(17)20-4-5-33(14-22(20)27)19-15-36-16-19/h10-13,19-20,22H,4-9,14-16H2,1-3H3/t20-,22-/m0/s1. The van der Waals surface area contributed by atoms with E-state index in [4.69, 9.17) is 9.47 Å². The van der Waals surface area contributed by atoms with Crippen molar-refractivity contribution in [3.05, 3.63) is 35.5 Å². The fourth-order valence-corrected chi connectivity index (χ4v) is 5.63. The molecule has 0 bridgehead atoms. The van der Waals surface area contributed by atoms with Crippen LogP contribution >= 0.6 is 0 Å². The monoisotopic (exact) mass is 495 g/mol. The normalized spacial score (nSPS) is 24.3. The number of rotatable bonds is 5. The van der Waals surface area contributed by atoms with Gasteiger partial charge in [0.15, 0.2) is 5.82 Å². The van der Waals surface area contributed by atoms with Crippen molar-refractivity contribution in [2.75, 3.05) is 71.5 Å². The third kappa shape index (κ3) is 4.31. The zero-order valence-corrected chi connectivity index (χ0v) is 21.2. The summed E-state index contributed by atoms with van der Waals surface area (Å²) in [6.07, 6.45) is 1.74. The van der Waals surface area contributed by atoms with Crippen LogP contribution in [0.3, 0.4) is 0 Å². The molecule has 0 amide bonds. The summed E-state index contributed by atoms with van der Waals surface area (Å²) in [5, 5.41) is 5.68. The van der Waals surface area contributed by atoms with Crippen molar-refractivity contribution < 1.29 is 13.9 Å². The molecule has 0 N–H and O–H groups in total. The molecule has 6 rings (SSSR count). The lowest BCUT2D eigenvalue weighted by atomic mass is 9.84. The van der Waals surface area contributed by atoms with Crippen molar-refractivity contribution in [2.24, 2.45) is 0 Å². The van der Waals surface area contributed by atoms with Gasteiger partial charge in [-0.05, 0) is 50.2 Å². The third-order valence-electron chi connectivity index (χ3n) is 7.97. The zero-order valence-electron chi connectivity index (χ0n) is 21.2. The van der Waals surface area contributed by atoms with Crippen LogP contribution < -0.4 is 9.64 Å². The first-order valence-electron chi connectivity index (χ1n) is 12.8. The SMILES string of the molecule is COc1nc(N2CCN(C)CC2)cc(-n2ncc3cc(C)c([C@@H]4CCN(C5COC5)C[C@@H]4F)cc32)n1. The van der Waals surface area contributed by atoms with E-state index in [9.17, 15) is 0 Å². The molecule has 36 heavy (non-hydrogen) atoms. The molecule has 2 aromatic heterocycles. The van der Waals surface area contributed by atoms with Crippen molar-refractivity contribution in [2.45, 2.75) is 31.5 Å². The van der Waals surface area contributed by atoms with Crippen LogP contribution in [0.25, 0.3) is 16.7 Å². The highest BCUT2D eigenvalue weighted by Gasteiger charge is 2.36. The van der Waals surface area contributed by atoms with Gasteiger partial charge in [0.2, 0.25) is 0 Å². The molecule has 10 heteroatoms. The van der Waals surface area contributed by atoms with Crippen LogP contribution in [0.4, 0.5) is 10.2 Å². The Hall–Kier alpha value is -2.82. The molecule has 0 saturated carbocycles. The Morgan fingerprint density at radius 2 is 1.81 bits per heavy atom. The number of aryl methyl sites for hydroxylation is 1. The first-order valence-corrected chi connectivity index (χ1v) is 12.8. The molecule has 3 aliphatic heterocycles. The molecule has 192 valence electrons. The second-order valence-electron chi connectivity index (χ2n) is 10.3. The minimum Gasteiger partial charge on any atom is -0.467 e. The van der Waals surface area contributed by atoms with Gasteiger partial charge >= 0.3 is 6.01 Å². The van der Waals surface area contributed by atoms with E-state index in [1.807, 2.05) is 16.9 Å². The highest BCUT2D eigenvalue weighted by Crippen LogP contribution is 2.36. The number of ether oxygens (including phenoxy) is 2. The molecule has 3 fully saturated rings. The first-order chi connectivity index (χ1) is 17.5. The van der Waals surface area contributed by atoms with Crippen LogP contribution in [0.2, 0.25) is 0 Å². The second-order valence-corrected chi connectivity index (χ2v) is 10.3. The maximum atomic E-state index is 15.5. The Morgan fingerprint density at radius 3 is 2.50 bits per heavy atom. The number of fused-ring (bicyclic) bond motifs is 1. The molecule has 3 aliphatic rings. The predicted molar refractivity (Wildman–Crippen MR) is 136 cm³/mol. The van der Waals surface area contributed by atoms with Gasteiger partial charge in [0.1, 0.15) is 12.0 Å². The Bertz CT molecular complexity index is 1240. The van der Waals surface area contributed by atoms with E-state index in [2.05, 4.69) is 55.9 Å². The number of piperidine rings is 1. The van der Waals surface area contributed by atoms with Crippen molar-refractivity contribution >= 4 is 16.7 Å². The van der Waals surface area contributed by atoms with E-state index in [0.717, 1.165) is 80.2 Å². The van der Waals surface area contributed by atoms with Gasteiger partial charge in [0.25, 0.3) is 0 Å². The average Bonchev–Trinajstić information content (AvgIpc) is 3.25. The Kier molecular flexibility index (Phi) is 6.27. The molecule has 0 spiro atoms. The predicted octanol–water partition coefficient (Wildman–Crippen LogP) is 2.41. The Morgan fingerprint density at radius 1 is 1.03 bits per heavy atom. The number of hydrogen-bond donors (Lipinski definition) is 0. The molecule has 5 heterocycles. The molecule has 3 aromatic rings. The van der Waals surface area contributed by atoms with Crippen molar-refractivity contribution in [1.29, 1.82) is 0 Å². The number of benzene rings is 1. The minimum atomic E-state index is -0.908. The largest absolute Gasteiger partial charge is 0.467 e. The number of methoxy groups -OCH3 is 1. The molecular formula is C26H34FN7O2. The molecular weight excluding hydrogens is 461 g/mol. The smallest absolute Gasteiger partial charge is 0.320 e. The van der Waals surface area contributed by atoms with E-state index < -0.39 is 6.17 Å². The molecule has 1 aromatic carbocycles. The average molecular weight is 496 g/mol. The zero-order chi connectivity index (χ0) is 24.8. The highest BCUT2D eigenvalue weighted by molar-refractivity contribution is 5.82. The maximum Gasteiger partial charge on any atom is 0.320 e. The summed E-state index contributed by atoms with van der Waals surface area (Å²) in [7, 11) is 3.71. The van der Waals surface area contributed by atoms with Crippen molar-refractivity contribution in [3.63, 3.8) is 0 Å². The van der Waals surface area contributed by atoms with Crippen LogP contribution in [0.15, 0.2) is 24.4 Å². The van der Waals surface area contributed by atoms with Crippen LogP contribution in [-0.4, -0.2) is 108 Å². The van der Waals surface area contributed by atoms with Crippen LogP contribution in [0.1, 0.15) is 23.5 Å². The highest BCUT2D eigenvalue weighted by atomic mass is 19.1. The summed E-state index contributed by atoms with van der Waals surface area (Å²) in [5.41, 5.74) is 3.08. The first kappa shape index (κ1) is 23.6. The number of nitrogens with zero attached hydrogens (tertiary/aromatic N) is 7. The summed E-state index contributed by atoms with van der Waals surface area (Å²) in [6, 6.07) is 6.88. The van der Waals surface area contributed by atoms with Gasteiger partial charge in [0.05, 0.1) is 38.1 Å². The number of alkyl halides is 1. The molecule has 2 atom stereocenters.